The summed E-state index contributed by atoms with van der Waals surface area (Å²) in [5.74, 6) is -0.857. The minimum absolute atomic E-state index is 0.0929. The number of sulfonamides is 1. The zero-order valence-corrected chi connectivity index (χ0v) is 15.6. The monoisotopic (exact) mass is 393 g/mol. The van der Waals surface area contributed by atoms with Gasteiger partial charge in [0.25, 0.3) is 0 Å². The molecule has 0 amide bonds. The van der Waals surface area contributed by atoms with Crippen molar-refractivity contribution in [1.82, 2.24) is 4.31 Å². The van der Waals surface area contributed by atoms with Gasteiger partial charge in [-0.2, -0.15) is 4.31 Å². The SMILES string of the molecule is CCOC(=O)c1ccc(S(=O)(=O)N2CCOC(c3ccc(F)cc3)C2)cc1. The molecule has 2 aromatic carbocycles. The Bertz CT molecular complexity index is 897. The normalized spacial score (nSPS) is 18.2. The van der Waals surface area contributed by atoms with E-state index in [0.29, 0.717) is 11.1 Å². The second kappa shape index (κ2) is 8.16. The molecule has 1 heterocycles. The zero-order chi connectivity index (χ0) is 19.4. The lowest BCUT2D eigenvalue weighted by Gasteiger charge is -2.32. The second-order valence-electron chi connectivity index (χ2n) is 6.02. The number of morpholine rings is 1. The molecule has 0 saturated carbocycles. The molecule has 1 atom stereocenters. The van der Waals surface area contributed by atoms with Gasteiger partial charge in [0.2, 0.25) is 10.0 Å². The number of nitrogens with zero attached hydrogens (tertiary/aromatic N) is 1. The van der Waals surface area contributed by atoms with Crippen LogP contribution < -0.4 is 0 Å². The molecule has 3 rings (SSSR count). The largest absolute Gasteiger partial charge is 0.462 e. The van der Waals surface area contributed by atoms with E-state index >= 15 is 0 Å². The zero-order valence-electron chi connectivity index (χ0n) is 14.8. The predicted molar refractivity (Wildman–Crippen MR) is 96.3 cm³/mol. The lowest BCUT2D eigenvalue weighted by atomic mass is 10.1. The number of hydrogen-bond acceptors (Lipinski definition) is 5. The summed E-state index contributed by atoms with van der Waals surface area (Å²) in [6.45, 7) is 2.54. The molecule has 27 heavy (non-hydrogen) atoms. The molecule has 144 valence electrons. The van der Waals surface area contributed by atoms with E-state index in [1.54, 1.807) is 19.1 Å². The molecule has 8 heteroatoms. The average molecular weight is 393 g/mol. The molecule has 1 aliphatic heterocycles. The van der Waals surface area contributed by atoms with E-state index in [0.717, 1.165) is 0 Å². The van der Waals surface area contributed by atoms with Crippen molar-refractivity contribution in [3.05, 3.63) is 65.5 Å². The highest BCUT2D eigenvalue weighted by molar-refractivity contribution is 7.89. The molecule has 0 aromatic heterocycles. The van der Waals surface area contributed by atoms with Crippen LogP contribution in [0.5, 0.6) is 0 Å². The number of ether oxygens (including phenoxy) is 2. The maximum Gasteiger partial charge on any atom is 0.338 e. The van der Waals surface area contributed by atoms with Crippen LogP contribution in [0.25, 0.3) is 0 Å². The Balaban J connectivity index is 1.77. The van der Waals surface area contributed by atoms with Crippen molar-refractivity contribution in [2.75, 3.05) is 26.3 Å². The summed E-state index contributed by atoms with van der Waals surface area (Å²) in [5.41, 5.74) is 1.01. The molecular weight excluding hydrogens is 373 g/mol. The number of rotatable bonds is 5. The van der Waals surface area contributed by atoms with E-state index in [2.05, 4.69) is 0 Å². The number of benzene rings is 2. The van der Waals surface area contributed by atoms with E-state index < -0.39 is 22.1 Å². The lowest BCUT2D eigenvalue weighted by molar-refractivity contribution is -0.00258. The summed E-state index contributed by atoms with van der Waals surface area (Å²) in [6.07, 6.45) is -0.465. The minimum atomic E-state index is -3.74. The Labute approximate surface area is 157 Å². The molecule has 1 aliphatic rings. The van der Waals surface area contributed by atoms with Crippen molar-refractivity contribution in [3.63, 3.8) is 0 Å². The van der Waals surface area contributed by atoms with Crippen molar-refractivity contribution in [2.45, 2.75) is 17.9 Å². The first-order chi connectivity index (χ1) is 12.9. The van der Waals surface area contributed by atoms with Crippen LogP contribution in [0.15, 0.2) is 53.4 Å². The van der Waals surface area contributed by atoms with Crippen molar-refractivity contribution in [1.29, 1.82) is 0 Å². The van der Waals surface area contributed by atoms with Gasteiger partial charge in [-0.15, -0.1) is 0 Å². The van der Waals surface area contributed by atoms with Crippen molar-refractivity contribution in [2.24, 2.45) is 0 Å². The molecule has 0 aliphatic carbocycles. The van der Waals surface area contributed by atoms with Gasteiger partial charge in [0, 0.05) is 13.1 Å². The minimum Gasteiger partial charge on any atom is -0.462 e. The number of halogens is 1. The fraction of sp³-hybridized carbons (Fsp3) is 0.316. The second-order valence-corrected chi connectivity index (χ2v) is 7.96. The summed E-state index contributed by atoms with van der Waals surface area (Å²) >= 11 is 0. The van der Waals surface area contributed by atoms with Gasteiger partial charge in [-0.25, -0.2) is 17.6 Å². The fourth-order valence-corrected chi connectivity index (χ4v) is 4.27. The van der Waals surface area contributed by atoms with Crippen LogP contribution >= 0.6 is 0 Å². The Kier molecular flexibility index (Phi) is 5.88. The summed E-state index contributed by atoms with van der Waals surface area (Å²) in [7, 11) is -3.74. The third-order valence-corrected chi connectivity index (χ3v) is 6.15. The first-order valence-electron chi connectivity index (χ1n) is 8.56. The van der Waals surface area contributed by atoms with Gasteiger partial charge in [0.15, 0.2) is 0 Å². The van der Waals surface area contributed by atoms with Crippen molar-refractivity contribution >= 4 is 16.0 Å². The van der Waals surface area contributed by atoms with Crippen LogP contribution in [-0.4, -0.2) is 45.0 Å². The quantitative estimate of drug-likeness (QED) is 0.731. The van der Waals surface area contributed by atoms with Crippen LogP contribution in [0.4, 0.5) is 4.39 Å². The van der Waals surface area contributed by atoms with Crippen LogP contribution in [0, 0.1) is 5.82 Å². The standard InChI is InChI=1S/C19H20FNO5S/c1-2-25-19(22)15-5-9-17(10-6-15)27(23,24)21-11-12-26-18(13-21)14-3-7-16(20)8-4-14/h3-10,18H,2,11-13H2,1H3. The summed E-state index contributed by atoms with van der Waals surface area (Å²) in [5, 5.41) is 0. The molecule has 1 fully saturated rings. The van der Waals surface area contributed by atoms with E-state index in [-0.39, 0.29) is 37.0 Å². The van der Waals surface area contributed by atoms with Gasteiger partial charge in [-0.1, -0.05) is 12.1 Å². The van der Waals surface area contributed by atoms with Gasteiger partial charge in [-0.3, -0.25) is 0 Å². The molecule has 0 N–H and O–H groups in total. The smallest absolute Gasteiger partial charge is 0.338 e. The van der Waals surface area contributed by atoms with Gasteiger partial charge in [-0.05, 0) is 48.9 Å². The summed E-state index contributed by atoms with van der Waals surface area (Å²) in [6, 6.07) is 11.5. The van der Waals surface area contributed by atoms with Crippen LogP contribution in [0.3, 0.4) is 0 Å². The lowest BCUT2D eigenvalue weighted by Crippen LogP contribution is -2.42. The summed E-state index contributed by atoms with van der Waals surface area (Å²) < 4.78 is 50.8. The summed E-state index contributed by atoms with van der Waals surface area (Å²) in [4.78, 5) is 11.8. The van der Waals surface area contributed by atoms with E-state index in [9.17, 15) is 17.6 Å². The highest BCUT2D eigenvalue weighted by atomic mass is 32.2. The Morgan fingerprint density at radius 3 is 2.48 bits per heavy atom. The number of carbonyl (C=O) groups excluding carboxylic acids is 1. The predicted octanol–water partition coefficient (Wildman–Crippen LogP) is 2.76. The molecular formula is C19H20FNO5S. The third-order valence-electron chi connectivity index (χ3n) is 4.27. The highest BCUT2D eigenvalue weighted by Gasteiger charge is 2.31. The Morgan fingerprint density at radius 2 is 1.85 bits per heavy atom. The van der Waals surface area contributed by atoms with E-state index in [1.807, 2.05) is 0 Å². The molecule has 1 saturated heterocycles. The van der Waals surface area contributed by atoms with Gasteiger partial charge in [0.05, 0.1) is 29.8 Å². The molecule has 0 bridgehead atoms. The Morgan fingerprint density at radius 1 is 1.19 bits per heavy atom. The molecule has 0 spiro atoms. The molecule has 0 radical (unpaired) electrons. The Hall–Kier alpha value is -2.29. The van der Waals surface area contributed by atoms with Crippen LogP contribution in [0.1, 0.15) is 28.9 Å². The number of hydrogen-bond donors (Lipinski definition) is 0. The molecule has 1 unspecified atom stereocenters. The van der Waals surface area contributed by atoms with Crippen molar-refractivity contribution in [3.8, 4) is 0 Å². The van der Waals surface area contributed by atoms with Crippen LogP contribution in [-0.2, 0) is 19.5 Å². The molecule has 2 aromatic rings. The van der Waals surface area contributed by atoms with Gasteiger partial charge in [0.1, 0.15) is 5.82 Å². The number of carbonyl (C=O) groups is 1. The van der Waals surface area contributed by atoms with Gasteiger partial charge >= 0.3 is 5.97 Å². The highest BCUT2D eigenvalue weighted by Crippen LogP contribution is 2.27. The first kappa shape index (κ1) is 19.5. The van der Waals surface area contributed by atoms with E-state index in [4.69, 9.17) is 9.47 Å². The maximum absolute atomic E-state index is 13.1. The van der Waals surface area contributed by atoms with E-state index in [1.165, 1.54) is 40.7 Å². The number of esters is 1. The average Bonchev–Trinajstić information content (AvgIpc) is 2.69. The molecule has 6 nitrogen and oxygen atoms in total. The third kappa shape index (κ3) is 4.35. The topological polar surface area (TPSA) is 72.9 Å². The first-order valence-corrected chi connectivity index (χ1v) is 10.00. The van der Waals surface area contributed by atoms with Crippen molar-refractivity contribution < 1.29 is 27.1 Å². The van der Waals surface area contributed by atoms with Crippen LogP contribution in [0.2, 0.25) is 0 Å². The van der Waals surface area contributed by atoms with Gasteiger partial charge < -0.3 is 9.47 Å². The maximum atomic E-state index is 13.1. The fourth-order valence-electron chi connectivity index (χ4n) is 2.85.